The summed E-state index contributed by atoms with van der Waals surface area (Å²) in [6.07, 6.45) is 0.394. The number of ketones is 1. The van der Waals surface area contributed by atoms with Crippen molar-refractivity contribution >= 4 is 12.1 Å². The lowest BCUT2D eigenvalue weighted by molar-refractivity contribution is -0.104. The lowest BCUT2D eigenvalue weighted by Gasteiger charge is -2.15. The van der Waals surface area contributed by atoms with Gasteiger partial charge in [-0.25, -0.2) is 0 Å². The normalized spacial score (nSPS) is 10.6. The van der Waals surface area contributed by atoms with Gasteiger partial charge in [0.15, 0.2) is 6.29 Å². The molecule has 34 heavy (non-hydrogen) atoms. The number of hydrogen-bond donors (Lipinski definition) is 0. The molecule has 0 unspecified atom stereocenters. The van der Waals surface area contributed by atoms with Crippen LogP contribution in [0.15, 0.2) is 127 Å². The van der Waals surface area contributed by atoms with Gasteiger partial charge in [0.05, 0.1) is 0 Å². The van der Waals surface area contributed by atoms with Crippen molar-refractivity contribution in [2.75, 3.05) is 0 Å². The van der Waals surface area contributed by atoms with Crippen LogP contribution in [0.4, 0.5) is 0 Å². The molecule has 0 radical (unpaired) electrons. The highest BCUT2D eigenvalue weighted by atomic mass is 16.2. The summed E-state index contributed by atoms with van der Waals surface area (Å²) < 4.78 is 0. The van der Waals surface area contributed by atoms with Crippen LogP contribution in [-0.4, -0.2) is 12.1 Å². The molecule has 0 aliphatic heterocycles. The van der Waals surface area contributed by atoms with Crippen LogP contribution in [0.2, 0.25) is 0 Å². The van der Waals surface area contributed by atoms with E-state index in [2.05, 4.69) is 36.4 Å². The Hall–Kier alpha value is -4.56. The van der Waals surface area contributed by atoms with Gasteiger partial charge in [0, 0.05) is 5.56 Å². The van der Waals surface area contributed by atoms with E-state index in [9.17, 15) is 9.59 Å². The zero-order chi connectivity index (χ0) is 23.3. The molecule has 0 amide bonds. The van der Waals surface area contributed by atoms with Gasteiger partial charge in [-0.2, -0.15) is 0 Å². The quantitative estimate of drug-likeness (QED) is 0.154. The Morgan fingerprint density at radius 2 is 0.912 bits per heavy atom. The molecule has 0 saturated heterocycles. The van der Waals surface area contributed by atoms with E-state index in [-0.39, 0.29) is 0 Å². The van der Waals surface area contributed by atoms with Gasteiger partial charge < -0.3 is 0 Å². The van der Waals surface area contributed by atoms with Crippen molar-refractivity contribution in [3.8, 4) is 44.5 Å². The molecule has 0 aliphatic carbocycles. The molecule has 0 saturated carbocycles. The number of benzene rings is 5. The van der Waals surface area contributed by atoms with E-state index in [1.165, 1.54) is 0 Å². The first-order chi connectivity index (χ1) is 16.7. The summed E-state index contributed by atoms with van der Waals surface area (Å²) in [5.41, 5.74) is 8.34. The van der Waals surface area contributed by atoms with Gasteiger partial charge in [-0.15, -0.1) is 0 Å². The molecule has 0 atom stereocenters. The molecule has 2 heteroatoms. The van der Waals surface area contributed by atoms with Crippen molar-refractivity contribution < 1.29 is 9.59 Å². The van der Waals surface area contributed by atoms with Gasteiger partial charge >= 0.3 is 0 Å². The third-order valence-corrected chi connectivity index (χ3v) is 6.02. The summed E-state index contributed by atoms with van der Waals surface area (Å²) in [6, 6.07) is 42.3. The number of carbonyl (C=O) groups excluding carboxylic acids is 2. The fourth-order valence-corrected chi connectivity index (χ4v) is 4.30. The molecule has 0 aliphatic rings. The van der Waals surface area contributed by atoms with Gasteiger partial charge in [0.2, 0.25) is 5.78 Å². The lowest BCUT2D eigenvalue weighted by atomic mass is 9.88. The average Bonchev–Trinajstić information content (AvgIpc) is 2.93. The highest BCUT2D eigenvalue weighted by Crippen LogP contribution is 2.36. The monoisotopic (exact) mass is 438 g/mol. The van der Waals surface area contributed by atoms with E-state index >= 15 is 0 Å². The van der Waals surface area contributed by atoms with Crippen LogP contribution in [0.25, 0.3) is 44.5 Å². The van der Waals surface area contributed by atoms with Gasteiger partial charge in [0.25, 0.3) is 0 Å². The Kier molecular flexibility index (Phi) is 5.96. The predicted octanol–water partition coefficient (Wildman–Crippen LogP) is 7.74. The van der Waals surface area contributed by atoms with Gasteiger partial charge in [-0.3, -0.25) is 9.59 Å². The number of Topliss-reactive ketones (excluding diaryl/α,β-unsaturated/α-hetero) is 1. The number of hydrogen-bond acceptors (Lipinski definition) is 2. The topological polar surface area (TPSA) is 34.1 Å². The zero-order valence-corrected chi connectivity index (χ0v) is 18.5. The highest BCUT2D eigenvalue weighted by molar-refractivity contribution is 6.35. The first-order valence-corrected chi connectivity index (χ1v) is 11.2. The zero-order valence-electron chi connectivity index (χ0n) is 18.5. The van der Waals surface area contributed by atoms with Crippen LogP contribution in [0.3, 0.4) is 0 Å². The maximum Gasteiger partial charge on any atom is 0.226 e. The Balaban J connectivity index is 1.60. The number of aldehydes is 1. The van der Waals surface area contributed by atoms with Crippen LogP contribution < -0.4 is 0 Å². The van der Waals surface area contributed by atoms with Gasteiger partial charge in [0.1, 0.15) is 0 Å². The van der Waals surface area contributed by atoms with Gasteiger partial charge in [-0.1, -0.05) is 121 Å². The van der Waals surface area contributed by atoms with Gasteiger partial charge in [-0.05, 0) is 50.6 Å². The molecule has 0 heterocycles. The summed E-state index contributed by atoms with van der Waals surface area (Å²) in [7, 11) is 0. The summed E-state index contributed by atoms with van der Waals surface area (Å²) in [5.74, 6) is -0.526. The van der Waals surface area contributed by atoms with E-state index in [0.29, 0.717) is 11.8 Å². The van der Waals surface area contributed by atoms with E-state index in [1.807, 2.05) is 91.0 Å². The summed E-state index contributed by atoms with van der Waals surface area (Å²) >= 11 is 0. The minimum absolute atomic E-state index is 0.394. The third kappa shape index (κ3) is 4.22. The molecule has 5 aromatic carbocycles. The summed E-state index contributed by atoms with van der Waals surface area (Å²) in [4.78, 5) is 24.2. The lowest BCUT2D eigenvalue weighted by Crippen LogP contribution is -2.03. The molecule has 0 bridgehead atoms. The number of carbonyl (C=O) groups is 2. The van der Waals surface area contributed by atoms with Crippen LogP contribution in [0, 0.1) is 0 Å². The maximum absolute atomic E-state index is 12.7. The second-order valence-corrected chi connectivity index (χ2v) is 8.10. The van der Waals surface area contributed by atoms with Crippen LogP contribution in [-0.2, 0) is 4.79 Å². The highest BCUT2D eigenvalue weighted by Gasteiger charge is 2.17. The molecular formula is C32H22O2. The van der Waals surface area contributed by atoms with Crippen molar-refractivity contribution in [2.45, 2.75) is 0 Å². The van der Waals surface area contributed by atoms with E-state index in [0.717, 1.165) is 44.5 Å². The molecule has 0 fully saturated rings. The van der Waals surface area contributed by atoms with Crippen molar-refractivity contribution in [3.05, 3.63) is 133 Å². The minimum atomic E-state index is -0.526. The third-order valence-electron chi connectivity index (χ3n) is 6.02. The van der Waals surface area contributed by atoms with Crippen LogP contribution in [0.5, 0.6) is 0 Å². The SMILES string of the molecule is O=CC(=O)c1cc(-c2ccccc2)ccc1-c1ccccc1-c1ccc(-c2ccccc2)cc1. The second-order valence-electron chi connectivity index (χ2n) is 8.10. The summed E-state index contributed by atoms with van der Waals surface area (Å²) in [5, 5.41) is 0. The predicted molar refractivity (Wildman–Crippen MR) is 139 cm³/mol. The van der Waals surface area contributed by atoms with Crippen LogP contribution in [0.1, 0.15) is 10.4 Å². The van der Waals surface area contributed by atoms with Crippen LogP contribution >= 0.6 is 0 Å². The Morgan fingerprint density at radius 1 is 0.441 bits per heavy atom. The fourth-order valence-electron chi connectivity index (χ4n) is 4.30. The van der Waals surface area contributed by atoms with Crippen molar-refractivity contribution in [3.63, 3.8) is 0 Å². The maximum atomic E-state index is 12.7. The number of rotatable bonds is 6. The van der Waals surface area contributed by atoms with E-state index in [1.54, 1.807) is 0 Å². The summed E-state index contributed by atoms with van der Waals surface area (Å²) in [6.45, 7) is 0. The largest absolute Gasteiger partial charge is 0.294 e. The fraction of sp³-hybridized carbons (Fsp3) is 0. The molecule has 162 valence electrons. The molecule has 5 rings (SSSR count). The first-order valence-electron chi connectivity index (χ1n) is 11.2. The average molecular weight is 439 g/mol. The molecule has 0 spiro atoms. The van der Waals surface area contributed by atoms with Crippen molar-refractivity contribution in [1.29, 1.82) is 0 Å². The Labute approximate surface area is 199 Å². The minimum Gasteiger partial charge on any atom is -0.294 e. The van der Waals surface area contributed by atoms with E-state index in [4.69, 9.17) is 0 Å². The molecule has 0 N–H and O–H groups in total. The first kappa shape index (κ1) is 21.3. The Morgan fingerprint density at radius 3 is 1.53 bits per heavy atom. The molecular weight excluding hydrogens is 416 g/mol. The van der Waals surface area contributed by atoms with Crippen molar-refractivity contribution in [2.24, 2.45) is 0 Å². The molecule has 5 aromatic rings. The Bertz CT molecular complexity index is 1450. The second kappa shape index (κ2) is 9.51. The smallest absolute Gasteiger partial charge is 0.226 e. The molecule has 2 nitrogen and oxygen atoms in total. The van der Waals surface area contributed by atoms with E-state index < -0.39 is 5.78 Å². The van der Waals surface area contributed by atoms with Crippen molar-refractivity contribution in [1.82, 2.24) is 0 Å². The standard InChI is InChI=1S/C32H22O2/c33-22-32(34)31-21-27(24-11-5-2-6-12-24)19-20-30(31)29-14-8-7-13-28(29)26-17-15-25(16-18-26)23-9-3-1-4-10-23/h1-22H. The molecule has 0 aromatic heterocycles.